The average Bonchev–Trinajstić information content (AvgIpc) is 2.85. The number of aryl methyl sites for hydroxylation is 1. The summed E-state index contributed by atoms with van der Waals surface area (Å²) >= 11 is 1.47. The van der Waals surface area contributed by atoms with Crippen molar-refractivity contribution in [3.63, 3.8) is 0 Å². The lowest BCUT2D eigenvalue weighted by atomic mass is 10.2. The van der Waals surface area contributed by atoms with Crippen molar-refractivity contribution in [3.8, 4) is 0 Å². The average molecular weight is 314 g/mol. The SMILES string of the molecule is CCc1cnc(C(C)NC(=O)N[C@H](CC(N)=O)C(=O)O)s1. The minimum atomic E-state index is -1.35. The lowest BCUT2D eigenvalue weighted by Gasteiger charge is -2.16. The molecule has 3 amide bonds. The van der Waals surface area contributed by atoms with Crippen molar-refractivity contribution in [2.45, 2.75) is 38.8 Å². The zero-order chi connectivity index (χ0) is 16.0. The molecule has 0 bridgehead atoms. The van der Waals surface area contributed by atoms with Gasteiger partial charge >= 0.3 is 12.0 Å². The minimum absolute atomic E-state index is 0.363. The van der Waals surface area contributed by atoms with E-state index in [9.17, 15) is 14.4 Å². The van der Waals surface area contributed by atoms with Gasteiger partial charge in [0.15, 0.2) is 0 Å². The van der Waals surface area contributed by atoms with Gasteiger partial charge in [0.1, 0.15) is 11.0 Å². The van der Waals surface area contributed by atoms with Crippen molar-refractivity contribution in [3.05, 3.63) is 16.1 Å². The Balaban J connectivity index is 2.58. The third kappa shape index (κ3) is 5.38. The molecule has 1 unspecified atom stereocenters. The number of rotatable bonds is 7. The van der Waals surface area contributed by atoms with E-state index in [-0.39, 0.29) is 6.04 Å². The number of aromatic nitrogens is 1. The number of hydrogen-bond donors (Lipinski definition) is 4. The number of carboxylic acid groups (broad SMARTS) is 1. The lowest BCUT2D eigenvalue weighted by Crippen LogP contribution is -2.48. The number of nitrogens with one attached hydrogen (secondary N) is 2. The van der Waals surface area contributed by atoms with Crippen molar-refractivity contribution in [1.82, 2.24) is 15.6 Å². The molecule has 1 heterocycles. The Labute approximate surface area is 125 Å². The number of aliphatic carboxylic acids is 1. The van der Waals surface area contributed by atoms with Crippen LogP contribution in [0, 0.1) is 0 Å². The maximum atomic E-state index is 11.7. The van der Waals surface area contributed by atoms with Gasteiger partial charge in [0.2, 0.25) is 5.91 Å². The van der Waals surface area contributed by atoms with E-state index in [0.29, 0.717) is 0 Å². The van der Waals surface area contributed by atoms with E-state index in [4.69, 9.17) is 10.8 Å². The Morgan fingerprint density at radius 3 is 2.57 bits per heavy atom. The minimum Gasteiger partial charge on any atom is -0.480 e. The molecule has 8 nitrogen and oxygen atoms in total. The Hall–Kier alpha value is -2.16. The maximum Gasteiger partial charge on any atom is 0.326 e. The van der Waals surface area contributed by atoms with Gasteiger partial charge in [-0.1, -0.05) is 6.92 Å². The first-order valence-corrected chi connectivity index (χ1v) is 7.17. The van der Waals surface area contributed by atoms with Crippen LogP contribution in [0.15, 0.2) is 6.20 Å². The second kappa shape index (κ2) is 7.58. The second-order valence-corrected chi connectivity index (χ2v) is 5.57. The zero-order valence-corrected chi connectivity index (χ0v) is 12.6. The van der Waals surface area contributed by atoms with Crippen LogP contribution in [0.5, 0.6) is 0 Å². The van der Waals surface area contributed by atoms with E-state index in [2.05, 4.69) is 15.6 Å². The van der Waals surface area contributed by atoms with E-state index in [1.165, 1.54) is 11.3 Å². The lowest BCUT2D eigenvalue weighted by molar-refractivity contribution is -0.140. The largest absolute Gasteiger partial charge is 0.480 e. The molecule has 5 N–H and O–H groups in total. The summed E-state index contributed by atoms with van der Waals surface area (Å²) in [5.41, 5.74) is 4.93. The van der Waals surface area contributed by atoms with Crippen LogP contribution in [-0.2, 0) is 16.0 Å². The Kier molecular flexibility index (Phi) is 6.10. The molecule has 0 aliphatic carbocycles. The summed E-state index contributed by atoms with van der Waals surface area (Å²) in [6.07, 6.45) is 2.13. The molecular weight excluding hydrogens is 296 g/mol. The first-order chi connectivity index (χ1) is 9.83. The van der Waals surface area contributed by atoms with Gasteiger partial charge in [-0.3, -0.25) is 4.79 Å². The number of hydrogen-bond acceptors (Lipinski definition) is 5. The number of amides is 3. The fourth-order valence-electron chi connectivity index (χ4n) is 1.55. The Bertz CT molecular complexity index is 531. The number of thiazole rings is 1. The summed E-state index contributed by atoms with van der Waals surface area (Å²) in [7, 11) is 0. The standard InChI is InChI=1S/C12H18N4O4S/c1-3-7-5-14-10(21-7)6(2)15-12(20)16-8(11(18)19)4-9(13)17/h5-6,8H,3-4H2,1-2H3,(H2,13,17)(H,18,19)(H2,15,16,20)/t6?,8-/m1/s1. The van der Waals surface area contributed by atoms with Crippen molar-refractivity contribution in [2.24, 2.45) is 5.73 Å². The topological polar surface area (TPSA) is 134 Å². The highest BCUT2D eigenvalue weighted by atomic mass is 32.1. The van der Waals surface area contributed by atoms with Crippen molar-refractivity contribution in [2.75, 3.05) is 0 Å². The first-order valence-electron chi connectivity index (χ1n) is 6.36. The second-order valence-electron chi connectivity index (χ2n) is 4.42. The van der Waals surface area contributed by atoms with Gasteiger partial charge in [0.25, 0.3) is 0 Å². The summed E-state index contributed by atoms with van der Waals surface area (Å²) < 4.78 is 0. The summed E-state index contributed by atoms with van der Waals surface area (Å²) in [6.45, 7) is 3.74. The van der Waals surface area contributed by atoms with Crippen molar-refractivity contribution < 1.29 is 19.5 Å². The highest BCUT2D eigenvalue weighted by molar-refractivity contribution is 7.11. The van der Waals surface area contributed by atoms with Gasteiger partial charge < -0.3 is 21.5 Å². The van der Waals surface area contributed by atoms with Gasteiger partial charge in [0, 0.05) is 11.1 Å². The third-order valence-corrected chi connectivity index (χ3v) is 3.97. The fourth-order valence-corrected chi connectivity index (χ4v) is 2.41. The monoisotopic (exact) mass is 314 g/mol. The Morgan fingerprint density at radius 2 is 2.10 bits per heavy atom. The van der Waals surface area contributed by atoms with Gasteiger partial charge in [-0.15, -0.1) is 11.3 Å². The fraction of sp³-hybridized carbons (Fsp3) is 0.500. The number of nitrogens with zero attached hydrogens (tertiary/aromatic N) is 1. The van der Waals surface area contributed by atoms with Crippen LogP contribution < -0.4 is 16.4 Å². The van der Waals surface area contributed by atoms with E-state index < -0.39 is 30.4 Å². The molecule has 0 aromatic carbocycles. The Morgan fingerprint density at radius 1 is 1.43 bits per heavy atom. The number of carbonyl (C=O) groups excluding carboxylic acids is 2. The molecule has 1 rings (SSSR count). The van der Waals surface area contributed by atoms with Crippen molar-refractivity contribution in [1.29, 1.82) is 0 Å². The molecule has 116 valence electrons. The van der Waals surface area contributed by atoms with Crippen LogP contribution in [0.3, 0.4) is 0 Å². The van der Waals surface area contributed by atoms with E-state index >= 15 is 0 Å². The normalized spacial score (nSPS) is 13.2. The number of urea groups is 1. The molecule has 0 radical (unpaired) electrons. The molecule has 0 fully saturated rings. The summed E-state index contributed by atoms with van der Waals surface area (Å²) in [6, 6.07) is -2.40. The molecule has 9 heteroatoms. The summed E-state index contributed by atoms with van der Waals surface area (Å²) in [5.74, 6) is -2.12. The molecule has 1 aromatic rings. The molecule has 1 aromatic heterocycles. The predicted molar refractivity (Wildman–Crippen MR) is 76.8 cm³/mol. The number of primary amides is 1. The number of nitrogens with two attached hydrogens (primary N) is 1. The highest BCUT2D eigenvalue weighted by Gasteiger charge is 2.23. The zero-order valence-electron chi connectivity index (χ0n) is 11.8. The van der Waals surface area contributed by atoms with Crippen LogP contribution in [0.4, 0.5) is 4.79 Å². The van der Waals surface area contributed by atoms with E-state index in [1.54, 1.807) is 13.1 Å². The first kappa shape index (κ1) is 16.9. The van der Waals surface area contributed by atoms with Crippen LogP contribution in [0.1, 0.15) is 36.2 Å². The summed E-state index contributed by atoms with van der Waals surface area (Å²) in [4.78, 5) is 38.7. The number of carbonyl (C=O) groups is 3. The quantitative estimate of drug-likeness (QED) is 0.577. The van der Waals surface area contributed by atoms with Crippen LogP contribution >= 0.6 is 11.3 Å². The predicted octanol–water partition coefficient (Wildman–Crippen LogP) is 0.394. The van der Waals surface area contributed by atoms with Crippen molar-refractivity contribution >= 4 is 29.2 Å². The van der Waals surface area contributed by atoms with Crippen LogP contribution in [0.25, 0.3) is 0 Å². The molecule has 2 atom stereocenters. The maximum absolute atomic E-state index is 11.7. The molecule has 0 aliphatic rings. The van der Waals surface area contributed by atoms with E-state index in [1.807, 2.05) is 6.92 Å². The third-order valence-electron chi connectivity index (χ3n) is 2.65. The highest BCUT2D eigenvalue weighted by Crippen LogP contribution is 2.19. The van der Waals surface area contributed by atoms with Gasteiger partial charge in [-0.05, 0) is 13.3 Å². The van der Waals surface area contributed by atoms with Gasteiger partial charge in [0.05, 0.1) is 12.5 Å². The summed E-state index contributed by atoms with van der Waals surface area (Å²) in [5, 5.41) is 14.4. The molecule has 0 saturated carbocycles. The smallest absolute Gasteiger partial charge is 0.326 e. The molecule has 21 heavy (non-hydrogen) atoms. The van der Waals surface area contributed by atoms with Crippen LogP contribution in [-0.4, -0.2) is 34.0 Å². The van der Waals surface area contributed by atoms with Gasteiger partial charge in [-0.2, -0.15) is 0 Å². The molecular formula is C12H18N4O4S. The molecule has 0 aliphatic heterocycles. The molecule has 0 spiro atoms. The number of carboxylic acids is 1. The van der Waals surface area contributed by atoms with Crippen LogP contribution in [0.2, 0.25) is 0 Å². The van der Waals surface area contributed by atoms with Gasteiger partial charge in [-0.25, -0.2) is 14.6 Å². The van der Waals surface area contributed by atoms with E-state index in [0.717, 1.165) is 16.3 Å². The molecule has 0 saturated heterocycles.